The fourth-order valence-corrected chi connectivity index (χ4v) is 3.77. The largest absolute Gasteiger partial charge is 0.366 e. The number of rotatable bonds is 2. The average molecular weight is 282 g/mol. The second-order valence-electron chi connectivity index (χ2n) is 6.34. The molecule has 2 saturated heterocycles. The van der Waals surface area contributed by atoms with Gasteiger partial charge in [0, 0.05) is 18.6 Å². The monoisotopic (exact) mass is 282 g/mol. The Bertz CT molecular complexity index is 654. The molecule has 2 atom stereocenters. The van der Waals surface area contributed by atoms with Gasteiger partial charge in [-0.25, -0.2) is 9.97 Å². The number of nitrogens with one attached hydrogen (secondary N) is 1. The highest BCUT2D eigenvalue weighted by Gasteiger charge is 2.31. The maximum atomic E-state index is 4.77. The Kier molecular flexibility index (Phi) is 3.26. The molecule has 0 radical (unpaired) electrons. The van der Waals surface area contributed by atoms with Crippen molar-refractivity contribution in [1.29, 1.82) is 0 Å². The van der Waals surface area contributed by atoms with Gasteiger partial charge in [0.05, 0.1) is 16.7 Å². The van der Waals surface area contributed by atoms with Crippen molar-refractivity contribution in [3.8, 4) is 0 Å². The zero-order chi connectivity index (χ0) is 14.2. The first-order valence-corrected chi connectivity index (χ1v) is 8.03. The van der Waals surface area contributed by atoms with E-state index in [1.807, 2.05) is 31.2 Å². The number of fused-ring (bicyclic) bond motifs is 2. The van der Waals surface area contributed by atoms with Gasteiger partial charge in [-0.3, -0.25) is 0 Å². The number of hydrogen-bond acceptors (Lipinski definition) is 4. The van der Waals surface area contributed by atoms with Crippen molar-refractivity contribution < 1.29 is 0 Å². The van der Waals surface area contributed by atoms with Crippen LogP contribution in [0.3, 0.4) is 0 Å². The summed E-state index contributed by atoms with van der Waals surface area (Å²) in [5, 5.41) is 3.65. The van der Waals surface area contributed by atoms with Crippen LogP contribution in [-0.4, -0.2) is 40.0 Å². The number of aryl methyl sites for hydroxylation is 1. The zero-order valence-electron chi connectivity index (χ0n) is 12.5. The van der Waals surface area contributed by atoms with Crippen molar-refractivity contribution in [1.82, 2.24) is 14.9 Å². The van der Waals surface area contributed by atoms with Gasteiger partial charge >= 0.3 is 0 Å². The lowest BCUT2D eigenvalue weighted by Gasteiger charge is -2.35. The molecule has 1 N–H and O–H groups in total. The van der Waals surface area contributed by atoms with Crippen LogP contribution in [0, 0.1) is 6.92 Å². The number of nitrogens with zero attached hydrogens (tertiary/aromatic N) is 3. The Morgan fingerprint density at radius 1 is 1.10 bits per heavy atom. The molecule has 0 spiro atoms. The predicted octanol–water partition coefficient (Wildman–Crippen LogP) is 2.98. The molecule has 2 unspecified atom stereocenters. The lowest BCUT2D eigenvalue weighted by Crippen LogP contribution is -2.43. The van der Waals surface area contributed by atoms with Crippen molar-refractivity contribution in [2.45, 2.75) is 44.7 Å². The second kappa shape index (κ2) is 5.26. The summed E-state index contributed by atoms with van der Waals surface area (Å²) in [5.41, 5.74) is 2.96. The Hall–Kier alpha value is -1.68. The molecule has 2 fully saturated rings. The minimum atomic E-state index is 0.540. The lowest BCUT2D eigenvalue weighted by atomic mass is 9.97. The lowest BCUT2D eigenvalue weighted by molar-refractivity contribution is 0.188. The summed E-state index contributed by atoms with van der Waals surface area (Å²) in [7, 11) is 0. The van der Waals surface area contributed by atoms with E-state index in [-0.39, 0.29) is 0 Å². The van der Waals surface area contributed by atoms with Gasteiger partial charge in [0.15, 0.2) is 0 Å². The van der Waals surface area contributed by atoms with Crippen LogP contribution < -0.4 is 5.32 Å². The molecule has 0 amide bonds. The van der Waals surface area contributed by atoms with Crippen molar-refractivity contribution in [2.75, 3.05) is 18.4 Å². The molecular formula is C17H22N4. The minimum absolute atomic E-state index is 0.540. The van der Waals surface area contributed by atoms with E-state index in [1.54, 1.807) is 0 Å². The Labute approximate surface area is 125 Å². The number of aromatic nitrogens is 2. The molecule has 2 aliphatic rings. The van der Waals surface area contributed by atoms with E-state index in [0.717, 1.165) is 28.6 Å². The number of para-hydroxylation sites is 2. The first-order valence-electron chi connectivity index (χ1n) is 8.03. The highest BCUT2D eigenvalue weighted by molar-refractivity contribution is 5.76. The highest BCUT2D eigenvalue weighted by Crippen LogP contribution is 2.29. The van der Waals surface area contributed by atoms with Crippen LogP contribution in [0.1, 0.15) is 31.4 Å². The normalized spacial score (nSPS) is 26.0. The summed E-state index contributed by atoms with van der Waals surface area (Å²) in [6.07, 6.45) is 5.19. The van der Waals surface area contributed by atoms with Gasteiger partial charge in [-0.15, -0.1) is 0 Å². The third-order valence-electron chi connectivity index (χ3n) is 4.91. The molecule has 21 heavy (non-hydrogen) atoms. The molecule has 2 aromatic rings. The summed E-state index contributed by atoms with van der Waals surface area (Å²) in [5.74, 6) is 0.963. The van der Waals surface area contributed by atoms with Crippen LogP contribution in [0.4, 0.5) is 5.82 Å². The molecule has 1 aromatic carbocycles. The van der Waals surface area contributed by atoms with Crippen molar-refractivity contribution in [2.24, 2.45) is 0 Å². The van der Waals surface area contributed by atoms with E-state index >= 15 is 0 Å². The molecule has 0 saturated carbocycles. The van der Waals surface area contributed by atoms with Gasteiger partial charge in [0.25, 0.3) is 0 Å². The van der Waals surface area contributed by atoms with Crippen LogP contribution >= 0.6 is 0 Å². The average Bonchev–Trinajstić information content (AvgIpc) is 2.95. The zero-order valence-corrected chi connectivity index (χ0v) is 12.5. The van der Waals surface area contributed by atoms with Crippen LogP contribution in [0.5, 0.6) is 0 Å². The van der Waals surface area contributed by atoms with Crippen LogP contribution in [-0.2, 0) is 0 Å². The quantitative estimate of drug-likeness (QED) is 0.919. The molecule has 110 valence electrons. The van der Waals surface area contributed by atoms with E-state index in [9.17, 15) is 0 Å². The summed E-state index contributed by atoms with van der Waals surface area (Å²) in [6.45, 7) is 4.57. The van der Waals surface area contributed by atoms with Gasteiger partial charge in [-0.2, -0.15) is 0 Å². The first-order chi connectivity index (χ1) is 10.3. The minimum Gasteiger partial charge on any atom is -0.366 e. The fourth-order valence-electron chi connectivity index (χ4n) is 3.77. The van der Waals surface area contributed by atoms with Gasteiger partial charge in [-0.1, -0.05) is 12.1 Å². The second-order valence-corrected chi connectivity index (χ2v) is 6.34. The van der Waals surface area contributed by atoms with Crippen LogP contribution in [0.15, 0.2) is 24.3 Å². The molecule has 4 rings (SSSR count). The molecule has 0 bridgehead atoms. The molecule has 1 aromatic heterocycles. The predicted molar refractivity (Wildman–Crippen MR) is 85.5 cm³/mol. The van der Waals surface area contributed by atoms with Crippen molar-refractivity contribution in [3.05, 3.63) is 30.0 Å². The number of benzene rings is 1. The van der Waals surface area contributed by atoms with Crippen molar-refractivity contribution >= 4 is 16.9 Å². The summed E-state index contributed by atoms with van der Waals surface area (Å²) in [4.78, 5) is 12.1. The highest BCUT2D eigenvalue weighted by atomic mass is 15.2. The molecule has 3 heterocycles. The van der Waals surface area contributed by atoms with E-state index in [4.69, 9.17) is 4.98 Å². The van der Waals surface area contributed by atoms with Gasteiger partial charge in [-0.05, 0) is 51.3 Å². The smallest absolute Gasteiger partial charge is 0.148 e. The SMILES string of the molecule is Cc1nc2ccccc2nc1NC1CCN2CCCC2C1. The number of piperidine rings is 1. The fraction of sp³-hybridized carbons (Fsp3) is 0.529. The van der Waals surface area contributed by atoms with E-state index < -0.39 is 0 Å². The van der Waals surface area contributed by atoms with E-state index in [1.165, 1.54) is 38.8 Å². The summed E-state index contributed by atoms with van der Waals surface area (Å²) < 4.78 is 0. The van der Waals surface area contributed by atoms with Gasteiger partial charge < -0.3 is 10.2 Å². The summed E-state index contributed by atoms with van der Waals surface area (Å²) >= 11 is 0. The molecular weight excluding hydrogens is 260 g/mol. The van der Waals surface area contributed by atoms with Crippen LogP contribution in [0.25, 0.3) is 11.0 Å². The van der Waals surface area contributed by atoms with Gasteiger partial charge in [0.1, 0.15) is 5.82 Å². The third kappa shape index (κ3) is 2.48. The molecule has 4 heteroatoms. The standard InChI is InChI=1S/C17H22N4/c1-12-17(20-16-7-3-2-6-15(16)18-12)19-13-8-10-21-9-4-5-14(21)11-13/h2-3,6-7,13-14H,4-5,8-11H2,1H3,(H,19,20). The van der Waals surface area contributed by atoms with Crippen LogP contribution in [0.2, 0.25) is 0 Å². The third-order valence-corrected chi connectivity index (χ3v) is 4.91. The molecule has 4 nitrogen and oxygen atoms in total. The summed E-state index contributed by atoms with van der Waals surface area (Å²) in [6, 6.07) is 9.42. The maximum Gasteiger partial charge on any atom is 0.148 e. The van der Waals surface area contributed by atoms with E-state index in [0.29, 0.717) is 6.04 Å². The number of hydrogen-bond donors (Lipinski definition) is 1. The molecule has 0 aliphatic carbocycles. The first kappa shape index (κ1) is 13.0. The van der Waals surface area contributed by atoms with E-state index in [2.05, 4.69) is 15.2 Å². The Morgan fingerprint density at radius 3 is 2.76 bits per heavy atom. The number of anilines is 1. The topological polar surface area (TPSA) is 41.1 Å². The Balaban J connectivity index is 1.55. The maximum absolute atomic E-state index is 4.77. The van der Waals surface area contributed by atoms with Crippen molar-refractivity contribution in [3.63, 3.8) is 0 Å². The molecule has 2 aliphatic heterocycles. The Morgan fingerprint density at radius 2 is 1.90 bits per heavy atom. The van der Waals surface area contributed by atoms with Gasteiger partial charge in [0.2, 0.25) is 0 Å².